The maximum atomic E-state index is 5.71. The third kappa shape index (κ3) is 4.01. The van der Waals surface area contributed by atoms with Crippen molar-refractivity contribution >= 4 is 45.5 Å². The minimum Gasteiger partial charge on any atom is -0.330 e. The van der Waals surface area contributed by atoms with Crippen molar-refractivity contribution < 1.29 is 0 Å². The standard InChI is InChI=1S/C12H12ClN3S2/c1-8-4-3-5-10(6-8)14-11-15-16-12(18-11)17-7-9(2)13/h3-6H,2,7H2,1H3,(H,14,15). The lowest BCUT2D eigenvalue weighted by Gasteiger charge is -2.01. The van der Waals surface area contributed by atoms with Crippen LogP contribution in [0, 0.1) is 6.92 Å². The second-order valence-electron chi connectivity index (χ2n) is 3.67. The molecule has 1 aromatic carbocycles. The number of hydrogen-bond acceptors (Lipinski definition) is 5. The van der Waals surface area contributed by atoms with Gasteiger partial charge in [-0.2, -0.15) is 0 Å². The van der Waals surface area contributed by atoms with Gasteiger partial charge in [-0.25, -0.2) is 0 Å². The number of aryl methyl sites for hydroxylation is 1. The van der Waals surface area contributed by atoms with Crippen LogP contribution in [0.4, 0.5) is 10.8 Å². The van der Waals surface area contributed by atoms with E-state index >= 15 is 0 Å². The van der Waals surface area contributed by atoms with Crippen molar-refractivity contribution in [3.05, 3.63) is 41.4 Å². The van der Waals surface area contributed by atoms with Gasteiger partial charge in [0.1, 0.15) is 0 Å². The lowest BCUT2D eigenvalue weighted by Crippen LogP contribution is -1.89. The summed E-state index contributed by atoms with van der Waals surface area (Å²) in [5, 5.41) is 12.8. The molecule has 1 aromatic heterocycles. The summed E-state index contributed by atoms with van der Waals surface area (Å²) in [6, 6.07) is 8.13. The summed E-state index contributed by atoms with van der Waals surface area (Å²) >= 11 is 8.75. The molecule has 6 heteroatoms. The Bertz CT molecular complexity index is 554. The molecular formula is C12H12ClN3S2. The zero-order valence-corrected chi connectivity index (χ0v) is 12.2. The molecule has 0 aliphatic heterocycles. The van der Waals surface area contributed by atoms with Crippen molar-refractivity contribution in [3.63, 3.8) is 0 Å². The molecule has 0 spiro atoms. The Morgan fingerprint density at radius 1 is 1.50 bits per heavy atom. The van der Waals surface area contributed by atoms with E-state index in [9.17, 15) is 0 Å². The molecule has 3 nitrogen and oxygen atoms in total. The molecule has 2 rings (SSSR count). The molecule has 0 saturated carbocycles. The summed E-state index contributed by atoms with van der Waals surface area (Å²) in [4.78, 5) is 0. The molecule has 1 N–H and O–H groups in total. The fourth-order valence-electron chi connectivity index (χ4n) is 1.30. The number of rotatable bonds is 5. The van der Waals surface area contributed by atoms with Crippen molar-refractivity contribution in [2.24, 2.45) is 0 Å². The van der Waals surface area contributed by atoms with E-state index in [0.717, 1.165) is 15.2 Å². The Labute approximate surface area is 119 Å². The van der Waals surface area contributed by atoms with Crippen molar-refractivity contribution in [1.29, 1.82) is 0 Å². The van der Waals surface area contributed by atoms with Crippen molar-refractivity contribution in [3.8, 4) is 0 Å². The largest absolute Gasteiger partial charge is 0.330 e. The van der Waals surface area contributed by atoms with Crippen molar-refractivity contribution in [1.82, 2.24) is 10.2 Å². The molecule has 0 amide bonds. The van der Waals surface area contributed by atoms with Crippen molar-refractivity contribution in [2.75, 3.05) is 11.1 Å². The Kier molecular flexibility index (Phi) is 4.63. The molecule has 0 atom stereocenters. The Morgan fingerprint density at radius 2 is 2.33 bits per heavy atom. The van der Waals surface area contributed by atoms with Gasteiger partial charge in [0, 0.05) is 16.5 Å². The highest BCUT2D eigenvalue weighted by molar-refractivity contribution is 8.01. The van der Waals surface area contributed by atoms with Gasteiger partial charge in [-0.15, -0.1) is 10.2 Å². The summed E-state index contributed by atoms with van der Waals surface area (Å²) in [5.74, 6) is 0.653. The van der Waals surface area contributed by atoms with E-state index in [4.69, 9.17) is 11.6 Å². The third-order valence-electron chi connectivity index (χ3n) is 2.03. The highest BCUT2D eigenvalue weighted by atomic mass is 35.5. The van der Waals surface area contributed by atoms with E-state index in [1.165, 1.54) is 28.7 Å². The van der Waals surface area contributed by atoms with Crippen LogP contribution in [0.15, 0.2) is 40.2 Å². The number of benzene rings is 1. The molecule has 0 fully saturated rings. The molecule has 0 radical (unpaired) electrons. The van der Waals surface area contributed by atoms with Crippen LogP contribution < -0.4 is 5.32 Å². The topological polar surface area (TPSA) is 37.8 Å². The number of aromatic nitrogens is 2. The first-order valence-corrected chi connectivity index (χ1v) is 7.45. The highest BCUT2D eigenvalue weighted by Gasteiger charge is 2.05. The van der Waals surface area contributed by atoms with Gasteiger partial charge in [0.25, 0.3) is 0 Å². The molecule has 18 heavy (non-hydrogen) atoms. The number of nitrogens with one attached hydrogen (secondary N) is 1. The van der Waals surface area contributed by atoms with E-state index < -0.39 is 0 Å². The van der Waals surface area contributed by atoms with Crippen molar-refractivity contribution in [2.45, 2.75) is 11.3 Å². The fourth-order valence-corrected chi connectivity index (χ4v) is 2.99. The van der Waals surface area contributed by atoms with E-state index in [1.807, 2.05) is 12.1 Å². The minimum absolute atomic E-state index is 0.614. The van der Waals surface area contributed by atoms with Gasteiger partial charge < -0.3 is 5.32 Å². The average Bonchev–Trinajstić information content (AvgIpc) is 2.74. The van der Waals surface area contributed by atoms with Crippen LogP contribution in [-0.4, -0.2) is 16.0 Å². The first-order chi connectivity index (χ1) is 8.63. The maximum absolute atomic E-state index is 5.71. The second-order valence-corrected chi connectivity index (χ2v) is 6.41. The zero-order valence-electron chi connectivity index (χ0n) is 9.81. The average molecular weight is 298 g/mol. The van der Waals surface area contributed by atoms with E-state index in [0.29, 0.717) is 10.8 Å². The molecule has 0 aliphatic rings. The van der Waals surface area contributed by atoms with Crippen LogP contribution in [0.1, 0.15) is 5.56 Å². The number of halogens is 1. The maximum Gasteiger partial charge on any atom is 0.210 e. The lowest BCUT2D eigenvalue weighted by atomic mass is 10.2. The van der Waals surface area contributed by atoms with Gasteiger partial charge in [-0.3, -0.25) is 0 Å². The first kappa shape index (κ1) is 13.4. The van der Waals surface area contributed by atoms with E-state index in [1.54, 1.807) is 0 Å². The predicted molar refractivity (Wildman–Crippen MR) is 80.1 cm³/mol. The van der Waals surface area contributed by atoms with Gasteiger partial charge in [-0.05, 0) is 24.6 Å². The fraction of sp³-hybridized carbons (Fsp3) is 0.167. The van der Waals surface area contributed by atoms with Crippen LogP contribution in [0.5, 0.6) is 0 Å². The van der Waals surface area contributed by atoms with Gasteiger partial charge in [0.15, 0.2) is 4.34 Å². The zero-order chi connectivity index (χ0) is 13.0. The highest BCUT2D eigenvalue weighted by Crippen LogP contribution is 2.29. The van der Waals surface area contributed by atoms with Crippen LogP contribution in [0.2, 0.25) is 0 Å². The third-order valence-corrected chi connectivity index (χ3v) is 4.38. The Balaban J connectivity index is 2.00. The van der Waals surface area contributed by atoms with Crippen LogP contribution >= 0.6 is 34.7 Å². The molecule has 1 heterocycles. The number of anilines is 2. The van der Waals surface area contributed by atoms with Crippen LogP contribution in [-0.2, 0) is 0 Å². The molecule has 0 saturated heterocycles. The summed E-state index contributed by atoms with van der Waals surface area (Å²) in [6.07, 6.45) is 0. The molecular weight excluding hydrogens is 286 g/mol. The molecule has 0 bridgehead atoms. The minimum atomic E-state index is 0.614. The Hall–Kier alpha value is -1.04. The smallest absolute Gasteiger partial charge is 0.210 e. The number of nitrogens with zero attached hydrogens (tertiary/aromatic N) is 2. The molecule has 0 unspecified atom stereocenters. The second kappa shape index (κ2) is 6.22. The lowest BCUT2D eigenvalue weighted by molar-refractivity contribution is 1.01. The summed E-state index contributed by atoms with van der Waals surface area (Å²) < 4.78 is 0.881. The monoisotopic (exact) mass is 297 g/mol. The van der Waals surface area contributed by atoms with Gasteiger partial charge in [0.2, 0.25) is 5.13 Å². The predicted octanol–water partition coefficient (Wildman–Crippen LogP) is 4.43. The first-order valence-electron chi connectivity index (χ1n) is 5.27. The van der Waals surface area contributed by atoms with Crippen LogP contribution in [0.25, 0.3) is 0 Å². The van der Waals surface area contributed by atoms with Crippen LogP contribution in [0.3, 0.4) is 0 Å². The SMILES string of the molecule is C=C(Cl)CSc1nnc(Nc2cccc(C)c2)s1. The van der Waals surface area contributed by atoms with E-state index in [2.05, 4.69) is 41.1 Å². The number of thioether (sulfide) groups is 1. The summed E-state index contributed by atoms with van der Waals surface area (Å²) in [5.41, 5.74) is 2.22. The van der Waals surface area contributed by atoms with E-state index in [-0.39, 0.29) is 0 Å². The summed E-state index contributed by atoms with van der Waals surface area (Å²) in [7, 11) is 0. The van der Waals surface area contributed by atoms with Gasteiger partial charge in [-0.1, -0.05) is 53.4 Å². The number of hydrogen-bond donors (Lipinski definition) is 1. The molecule has 0 aliphatic carbocycles. The van der Waals surface area contributed by atoms with Gasteiger partial charge in [0.05, 0.1) is 0 Å². The van der Waals surface area contributed by atoms with Gasteiger partial charge >= 0.3 is 0 Å². The summed E-state index contributed by atoms with van der Waals surface area (Å²) in [6.45, 7) is 5.69. The molecule has 94 valence electrons. The quantitative estimate of drug-likeness (QED) is 0.828. The normalized spacial score (nSPS) is 10.3. The Morgan fingerprint density at radius 3 is 3.06 bits per heavy atom. The molecule has 2 aromatic rings.